The summed E-state index contributed by atoms with van der Waals surface area (Å²) < 4.78 is 5.49. The van der Waals surface area contributed by atoms with E-state index in [1.807, 2.05) is 7.11 Å². The zero-order valence-corrected chi connectivity index (χ0v) is 11.1. The summed E-state index contributed by atoms with van der Waals surface area (Å²) in [4.78, 5) is 0. The van der Waals surface area contributed by atoms with Crippen LogP contribution in [0.4, 0.5) is 0 Å². The van der Waals surface area contributed by atoms with Gasteiger partial charge in [0.15, 0.2) is 0 Å². The lowest BCUT2D eigenvalue weighted by molar-refractivity contribution is 0.0585. The van der Waals surface area contributed by atoms with Crippen molar-refractivity contribution in [2.45, 2.75) is 56.2 Å². The van der Waals surface area contributed by atoms with Crippen LogP contribution in [0.15, 0.2) is 30.3 Å². The number of hydrogen-bond donors (Lipinski definition) is 1. The quantitative estimate of drug-likeness (QED) is 0.880. The maximum Gasteiger partial charge on any atom is 0.0586 e. The predicted octanol–water partition coefficient (Wildman–Crippen LogP) is 3.09. The van der Waals surface area contributed by atoms with Crippen molar-refractivity contribution in [1.82, 2.24) is 5.32 Å². The molecule has 0 aliphatic heterocycles. The van der Waals surface area contributed by atoms with Crippen LogP contribution in [0, 0.1) is 0 Å². The van der Waals surface area contributed by atoms with E-state index in [-0.39, 0.29) is 0 Å². The minimum absolute atomic E-state index is 0.477. The molecule has 2 fully saturated rings. The number of methoxy groups -OCH3 is 1. The average molecular weight is 245 g/mol. The molecule has 3 rings (SSSR count). The van der Waals surface area contributed by atoms with Crippen LogP contribution in [0.25, 0.3) is 0 Å². The van der Waals surface area contributed by atoms with Gasteiger partial charge in [0, 0.05) is 25.1 Å². The molecule has 4 unspecified atom stereocenters. The van der Waals surface area contributed by atoms with Gasteiger partial charge in [0.25, 0.3) is 0 Å². The molecule has 0 aromatic heterocycles. The predicted molar refractivity (Wildman–Crippen MR) is 73.8 cm³/mol. The van der Waals surface area contributed by atoms with Gasteiger partial charge in [-0.15, -0.1) is 0 Å². The monoisotopic (exact) mass is 245 g/mol. The summed E-state index contributed by atoms with van der Waals surface area (Å²) >= 11 is 0. The maximum absolute atomic E-state index is 5.49. The summed E-state index contributed by atoms with van der Waals surface area (Å²) in [5.41, 5.74) is 1.49. The van der Waals surface area contributed by atoms with Crippen molar-refractivity contribution >= 4 is 0 Å². The first-order valence-corrected chi connectivity index (χ1v) is 7.20. The van der Waals surface area contributed by atoms with Crippen molar-refractivity contribution < 1.29 is 4.74 Å². The van der Waals surface area contributed by atoms with Crippen molar-refractivity contribution in [1.29, 1.82) is 0 Å². The number of rotatable bonds is 4. The fourth-order valence-electron chi connectivity index (χ4n) is 3.26. The molecule has 1 aromatic carbocycles. The summed E-state index contributed by atoms with van der Waals surface area (Å²) in [6.45, 7) is 0. The molecule has 0 bridgehead atoms. The Morgan fingerprint density at radius 3 is 2.72 bits per heavy atom. The van der Waals surface area contributed by atoms with Crippen LogP contribution < -0.4 is 5.32 Å². The third-order valence-corrected chi connectivity index (χ3v) is 4.43. The number of nitrogens with one attached hydrogen (secondary N) is 1. The van der Waals surface area contributed by atoms with E-state index in [1.165, 1.54) is 37.7 Å². The van der Waals surface area contributed by atoms with E-state index in [0.29, 0.717) is 18.2 Å². The van der Waals surface area contributed by atoms with E-state index >= 15 is 0 Å². The molecule has 98 valence electrons. The zero-order chi connectivity index (χ0) is 12.4. The first-order valence-electron chi connectivity index (χ1n) is 7.20. The fourth-order valence-corrected chi connectivity index (χ4v) is 3.26. The number of ether oxygens (including phenoxy) is 1. The SMILES string of the molecule is COC1CCCC(NC2CC2c2ccccc2)C1. The topological polar surface area (TPSA) is 21.3 Å². The molecule has 2 heteroatoms. The van der Waals surface area contributed by atoms with E-state index in [1.54, 1.807) is 0 Å². The minimum Gasteiger partial charge on any atom is -0.381 e. The smallest absolute Gasteiger partial charge is 0.0586 e. The van der Waals surface area contributed by atoms with E-state index in [4.69, 9.17) is 4.74 Å². The molecule has 2 nitrogen and oxygen atoms in total. The highest BCUT2D eigenvalue weighted by Gasteiger charge is 2.39. The molecule has 0 heterocycles. The molecule has 0 spiro atoms. The third-order valence-electron chi connectivity index (χ3n) is 4.43. The van der Waals surface area contributed by atoms with Crippen molar-refractivity contribution in [3.05, 3.63) is 35.9 Å². The Balaban J connectivity index is 1.50. The Bertz CT molecular complexity index is 378. The lowest BCUT2D eigenvalue weighted by atomic mass is 9.92. The largest absolute Gasteiger partial charge is 0.381 e. The van der Waals surface area contributed by atoms with Gasteiger partial charge < -0.3 is 10.1 Å². The molecule has 0 amide bonds. The lowest BCUT2D eigenvalue weighted by Crippen LogP contribution is -2.38. The zero-order valence-electron chi connectivity index (χ0n) is 11.1. The average Bonchev–Trinajstić information content (AvgIpc) is 3.19. The normalized spacial score (nSPS) is 35.4. The lowest BCUT2D eigenvalue weighted by Gasteiger charge is -2.29. The summed E-state index contributed by atoms with van der Waals surface area (Å²) in [6.07, 6.45) is 6.83. The van der Waals surface area contributed by atoms with Gasteiger partial charge in [0.05, 0.1) is 6.10 Å². The van der Waals surface area contributed by atoms with E-state index in [9.17, 15) is 0 Å². The second-order valence-corrected chi connectivity index (χ2v) is 5.75. The number of hydrogen-bond acceptors (Lipinski definition) is 2. The Morgan fingerprint density at radius 1 is 1.11 bits per heavy atom. The van der Waals surface area contributed by atoms with Crippen molar-refractivity contribution in [3.63, 3.8) is 0 Å². The van der Waals surface area contributed by atoms with Gasteiger partial charge in [0.2, 0.25) is 0 Å². The van der Waals surface area contributed by atoms with Gasteiger partial charge in [-0.2, -0.15) is 0 Å². The molecule has 0 saturated heterocycles. The van der Waals surface area contributed by atoms with E-state index < -0.39 is 0 Å². The van der Waals surface area contributed by atoms with Gasteiger partial charge in [-0.05, 0) is 37.7 Å². The van der Waals surface area contributed by atoms with Crippen molar-refractivity contribution in [2.75, 3.05) is 7.11 Å². The number of benzene rings is 1. The van der Waals surface area contributed by atoms with Gasteiger partial charge in [-0.3, -0.25) is 0 Å². The van der Waals surface area contributed by atoms with Crippen LogP contribution >= 0.6 is 0 Å². The van der Waals surface area contributed by atoms with Crippen molar-refractivity contribution in [3.8, 4) is 0 Å². The van der Waals surface area contributed by atoms with E-state index in [2.05, 4.69) is 35.6 Å². The molecule has 4 atom stereocenters. The highest BCUT2D eigenvalue weighted by atomic mass is 16.5. The third kappa shape index (κ3) is 2.76. The van der Waals surface area contributed by atoms with E-state index in [0.717, 1.165) is 5.92 Å². The minimum atomic E-state index is 0.477. The molecule has 18 heavy (non-hydrogen) atoms. The van der Waals surface area contributed by atoms with Crippen LogP contribution in [0.1, 0.15) is 43.6 Å². The highest BCUT2D eigenvalue weighted by molar-refractivity contribution is 5.27. The second-order valence-electron chi connectivity index (χ2n) is 5.75. The molecule has 0 radical (unpaired) electrons. The van der Waals surface area contributed by atoms with Crippen LogP contribution in [0.5, 0.6) is 0 Å². The van der Waals surface area contributed by atoms with Gasteiger partial charge in [-0.1, -0.05) is 30.3 Å². The molecular formula is C16H23NO. The van der Waals surface area contributed by atoms with Gasteiger partial charge in [-0.25, -0.2) is 0 Å². The maximum atomic E-state index is 5.49. The van der Waals surface area contributed by atoms with Crippen LogP contribution in [-0.4, -0.2) is 25.3 Å². The van der Waals surface area contributed by atoms with Gasteiger partial charge in [0.1, 0.15) is 0 Å². The molecule has 1 aromatic rings. The Kier molecular flexibility index (Phi) is 3.67. The fraction of sp³-hybridized carbons (Fsp3) is 0.625. The highest BCUT2D eigenvalue weighted by Crippen LogP contribution is 2.41. The summed E-state index contributed by atoms with van der Waals surface area (Å²) in [6, 6.07) is 12.3. The van der Waals surface area contributed by atoms with Crippen LogP contribution in [0.2, 0.25) is 0 Å². The van der Waals surface area contributed by atoms with Crippen LogP contribution in [-0.2, 0) is 4.74 Å². The molecule has 2 aliphatic rings. The van der Waals surface area contributed by atoms with Crippen molar-refractivity contribution in [2.24, 2.45) is 0 Å². The van der Waals surface area contributed by atoms with Crippen LogP contribution in [0.3, 0.4) is 0 Å². The molecule has 2 aliphatic carbocycles. The van der Waals surface area contributed by atoms with Gasteiger partial charge >= 0.3 is 0 Å². The summed E-state index contributed by atoms with van der Waals surface area (Å²) in [5, 5.41) is 3.83. The summed E-state index contributed by atoms with van der Waals surface area (Å²) in [5.74, 6) is 0.745. The Morgan fingerprint density at radius 2 is 1.94 bits per heavy atom. The molecular weight excluding hydrogens is 222 g/mol. The molecule has 2 saturated carbocycles. The first kappa shape index (κ1) is 12.2. The Labute approximate surface area is 110 Å². The summed E-state index contributed by atoms with van der Waals surface area (Å²) in [7, 11) is 1.84. The second kappa shape index (κ2) is 5.41. The standard InChI is InChI=1S/C16H23NO/c1-18-14-9-5-8-13(10-14)17-16-11-15(16)12-6-3-2-4-7-12/h2-4,6-7,13-17H,5,8-11H2,1H3. The first-order chi connectivity index (χ1) is 8.86. The Hall–Kier alpha value is -0.860. The molecule has 1 N–H and O–H groups in total.